The van der Waals surface area contributed by atoms with Crippen LogP contribution >= 0.6 is 23.1 Å². The van der Waals surface area contributed by atoms with Crippen LogP contribution in [0.4, 0.5) is 0 Å². The number of rotatable bonds is 3. The summed E-state index contributed by atoms with van der Waals surface area (Å²) < 4.78 is 1.13. The SMILES string of the molecule is CCc1cnc(Sc2ccc3ccccc3c2)s1. The van der Waals surface area contributed by atoms with Crippen LogP contribution in [-0.4, -0.2) is 4.98 Å². The summed E-state index contributed by atoms with van der Waals surface area (Å²) in [5, 5.41) is 2.57. The molecule has 1 heterocycles. The lowest BCUT2D eigenvalue weighted by atomic mass is 10.1. The van der Waals surface area contributed by atoms with Crippen LogP contribution in [-0.2, 0) is 6.42 Å². The van der Waals surface area contributed by atoms with Crippen molar-refractivity contribution in [2.45, 2.75) is 22.6 Å². The second-order valence-corrected chi connectivity index (χ2v) is 6.49. The second-order valence-electron chi connectivity index (χ2n) is 4.06. The van der Waals surface area contributed by atoms with Crippen molar-refractivity contribution in [1.82, 2.24) is 4.98 Å². The molecule has 0 amide bonds. The Kier molecular flexibility index (Phi) is 3.35. The quantitative estimate of drug-likeness (QED) is 0.664. The Morgan fingerprint density at radius 2 is 1.94 bits per heavy atom. The molecule has 0 aliphatic rings. The van der Waals surface area contributed by atoms with E-state index in [4.69, 9.17) is 0 Å². The Balaban J connectivity index is 1.90. The summed E-state index contributed by atoms with van der Waals surface area (Å²) in [6.45, 7) is 2.16. The maximum absolute atomic E-state index is 4.44. The van der Waals surface area contributed by atoms with E-state index in [1.54, 1.807) is 23.1 Å². The van der Waals surface area contributed by atoms with Crippen molar-refractivity contribution >= 4 is 33.9 Å². The topological polar surface area (TPSA) is 12.9 Å². The number of aryl methyl sites for hydroxylation is 1. The van der Waals surface area contributed by atoms with Crippen LogP contribution in [0.25, 0.3) is 10.8 Å². The number of thiazole rings is 1. The molecule has 0 aliphatic carbocycles. The molecule has 0 fully saturated rings. The Hall–Kier alpha value is -1.32. The number of aromatic nitrogens is 1. The Morgan fingerprint density at radius 3 is 2.72 bits per heavy atom. The second kappa shape index (κ2) is 5.12. The molecule has 90 valence electrons. The van der Waals surface area contributed by atoms with Crippen LogP contribution in [0.2, 0.25) is 0 Å². The van der Waals surface area contributed by atoms with E-state index >= 15 is 0 Å². The Bertz CT molecular complexity index is 673. The van der Waals surface area contributed by atoms with Gasteiger partial charge in [-0.05, 0) is 29.3 Å². The number of nitrogens with zero attached hydrogens (tertiary/aromatic N) is 1. The van der Waals surface area contributed by atoms with Crippen molar-refractivity contribution < 1.29 is 0 Å². The standard InChI is InChI=1S/C15H13NS2/c1-2-13-10-16-15(17-13)18-14-8-7-11-5-3-4-6-12(11)9-14/h3-10H,2H2,1H3. The predicted octanol–water partition coefficient (Wildman–Crippen LogP) is 5.01. The first kappa shape index (κ1) is 11.8. The molecule has 1 nitrogen and oxygen atoms in total. The fraction of sp³-hybridized carbons (Fsp3) is 0.133. The van der Waals surface area contributed by atoms with Crippen LogP contribution in [0.5, 0.6) is 0 Å². The maximum atomic E-state index is 4.44. The van der Waals surface area contributed by atoms with Gasteiger partial charge in [-0.3, -0.25) is 0 Å². The van der Waals surface area contributed by atoms with E-state index in [9.17, 15) is 0 Å². The molecule has 3 aromatic rings. The van der Waals surface area contributed by atoms with E-state index in [0.717, 1.165) is 10.8 Å². The maximum Gasteiger partial charge on any atom is 0.154 e. The summed E-state index contributed by atoms with van der Waals surface area (Å²) in [4.78, 5) is 7.04. The molecule has 18 heavy (non-hydrogen) atoms. The summed E-state index contributed by atoms with van der Waals surface area (Å²) in [5.74, 6) is 0. The van der Waals surface area contributed by atoms with Crippen LogP contribution in [0, 0.1) is 0 Å². The molecule has 0 unspecified atom stereocenters. The summed E-state index contributed by atoms with van der Waals surface area (Å²) in [7, 11) is 0. The van der Waals surface area contributed by atoms with Crippen molar-refractivity contribution in [3.63, 3.8) is 0 Å². The molecule has 0 saturated carbocycles. The van der Waals surface area contributed by atoms with Crippen molar-refractivity contribution in [1.29, 1.82) is 0 Å². The summed E-state index contributed by atoms with van der Waals surface area (Å²) in [5.41, 5.74) is 0. The van der Waals surface area contributed by atoms with Gasteiger partial charge in [0, 0.05) is 16.0 Å². The van der Waals surface area contributed by atoms with Gasteiger partial charge in [-0.2, -0.15) is 0 Å². The van der Waals surface area contributed by atoms with Crippen molar-refractivity contribution in [3.05, 3.63) is 53.5 Å². The Morgan fingerprint density at radius 1 is 1.11 bits per heavy atom. The first-order valence-electron chi connectivity index (χ1n) is 5.96. The van der Waals surface area contributed by atoms with Crippen LogP contribution in [0.15, 0.2) is 57.9 Å². The minimum Gasteiger partial charge on any atom is -0.237 e. The summed E-state index contributed by atoms with van der Waals surface area (Å²) in [6, 6.07) is 15.0. The molecular weight excluding hydrogens is 258 g/mol. The smallest absolute Gasteiger partial charge is 0.154 e. The molecule has 0 radical (unpaired) electrons. The van der Waals surface area contributed by atoms with Gasteiger partial charge in [0.25, 0.3) is 0 Å². The van der Waals surface area contributed by atoms with Crippen molar-refractivity contribution in [2.24, 2.45) is 0 Å². The zero-order valence-electron chi connectivity index (χ0n) is 10.1. The fourth-order valence-corrected chi connectivity index (χ4v) is 3.82. The third kappa shape index (κ3) is 2.42. The highest BCUT2D eigenvalue weighted by Crippen LogP contribution is 2.32. The third-order valence-corrected chi connectivity index (χ3v) is 5.01. The minimum absolute atomic E-state index is 1.07. The number of fused-ring (bicyclic) bond motifs is 1. The molecule has 3 rings (SSSR count). The number of hydrogen-bond acceptors (Lipinski definition) is 3. The van der Waals surface area contributed by atoms with Gasteiger partial charge in [-0.25, -0.2) is 4.98 Å². The molecule has 0 aliphatic heterocycles. The zero-order chi connectivity index (χ0) is 12.4. The highest BCUT2D eigenvalue weighted by Gasteiger charge is 2.03. The van der Waals surface area contributed by atoms with Gasteiger partial charge in [0.15, 0.2) is 4.34 Å². The monoisotopic (exact) mass is 271 g/mol. The van der Waals surface area contributed by atoms with Gasteiger partial charge in [0.1, 0.15) is 0 Å². The molecule has 1 aromatic heterocycles. The van der Waals surface area contributed by atoms with E-state index in [2.05, 4.69) is 54.4 Å². The molecule has 0 atom stereocenters. The third-order valence-electron chi connectivity index (χ3n) is 2.81. The first-order chi connectivity index (χ1) is 8.85. The lowest BCUT2D eigenvalue weighted by Gasteiger charge is -2.01. The number of benzene rings is 2. The van der Waals surface area contributed by atoms with E-state index in [1.807, 2.05) is 6.20 Å². The summed E-state index contributed by atoms with van der Waals surface area (Å²) in [6.07, 6.45) is 3.05. The van der Waals surface area contributed by atoms with E-state index in [1.165, 1.54) is 20.5 Å². The van der Waals surface area contributed by atoms with Gasteiger partial charge in [0.2, 0.25) is 0 Å². The minimum atomic E-state index is 1.07. The van der Waals surface area contributed by atoms with Gasteiger partial charge in [-0.15, -0.1) is 11.3 Å². The predicted molar refractivity (Wildman–Crippen MR) is 79.6 cm³/mol. The average molecular weight is 271 g/mol. The van der Waals surface area contributed by atoms with Crippen molar-refractivity contribution in [2.75, 3.05) is 0 Å². The lowest BCUT2D eigenvalue weighted by molar-refractivity contribution is 1.15. The first-order valence-corrected chi connectivity index (χ1v) is 7.60. The molecule has 0 N–H and O–H groups in total. The van der Waals surface area contributed by atoms with E-state index < -0.39 is 0 Å². The van der Waals surface area contributed by atoms with Gasteiger partial charge in [-0.1, -0.05) is 49.0 Å². The average Bonchev–Trinajstić information content (AvgIpc) is 2.86. The highest BCUT2D eigenvalue weighted by molar-refractivity contribution is 8.01. The largest absolute Gasteiger partial charge is 0.237 e. The highest BCUT2D eigenvalue weighted by atomic mass is 32.2. The normalized spacial score (nSPS) is 10.9. The van der Waals surface area contributed by atoms with E-state index in [-0.39, 0.29) is 0 Å². The molecule has 2 aromatic carbocycles. The summed E-state index contributed by atoms with van der Waals surface area (Å²) >= 11 is 3.53. The fourth-order valence-electron chi connectivity index (χ4n) is 1.83. The molecule has 3 heteroatoms. The van der Waals surface area contributed by atoms with E-state index in [0.29, 0.717) is 0 Å². The van der Waals surface area contributed by atoms with Crippen LogP contribution < -0.4 is 0 Å². The van der Waals surface area contributed by atoms with Crippen LogP contribution in [0.3, 0.4) is 0 Å². The van der Waals surface area contributed by atoms with Crippen molar-refractivity contribution in [3.8, 4) is 0 Å². The molecule has 0 spiro atoms. The zero-order valence-corrected chi connectivity index (χ0v) is 11.7. The van der Waals surface area contributed by atoms with Gasteiger partial charge in [0.05, 0.1) is 0 Å². The molecule has 0 bridgehead atoms. The lowest BCUT2D eigenvalue weighted by Crippen LogP contribution is -1.74. The molecular formula is C15H13NS2. The van der Waals surface area contributed by atoms with Crippen LogP contribution in [0.1, 0.15) is 11.8 Å². The van der Waals surface area contributed by atoms with Gasteiger partial charge >= 0.3 is 0 Å². The number of hydrogen-bond donors (Lipinski definition) is 0. The molecule has 0 saturated heterocycles. The Labute approximate surface area is 115 Å². The van der Waals surface area contributed by atoms with Gasteiger partial charge < -0.3 is 0 Å².